The van der Waals surface area contributed by atoms with Gasteiger partial charge in [0.25, 0.3) is 10.0 Å². The van der Waals surface area contributed by atoms with Gasteiger partial charge in [-0.15, -0.1) is 6.58 Å². The van der Waals surface area contributed by atoms with Crippen molar-refractivity contribution in [3.05, 3.63) is 77.4 Å². The lowest BCUT2D eigenvalue weighted by Crippen LogP contribution is -2.56. The molecular formula is C40H56N6O9S. The topological polar surface area (TPSA) is 214 Å². The number of hydrogen-bond acceptors (Lipinski definition) is 10. The molecule has 0 unspecified atom stereocenters. The molecular weight excluding hydrogens is 741 g/mol. The van der Waals surface area contributed by atoms with Crippen LogP contribution in [0.25, 0.3) is 0 Å². The van der Waals surface area contributed by atoms with Crippen LogP contribution in [0.4, 0.5) is 0 Å². The van der Waals surface area contributed by atoms with Gasteiger partial charge in [-0.3, -0.25) is 19.8 Å². The number of carbonyl (C=O) groups excluding carboxylic acids is 4. The first-order valence-electron chi connectivity index (χ1n) is 18.4. The first-order valence-corrected chi connectivity index (χ1v) is 19.9. The Morgan fingerprint density at radius 3 is 2.20 bits per heavy atom. The van der Waals surface area contributed by atoms with E-state index in [2.05, 4.69) is 39.1 Å². The third kappa shape index (κ3) is 12.3. The van der Waals surface area contributed by atoms with E-state index in [9.17, 15) is 27.6 Å². The Morgan fingerprint density at radius 2 is 1.59 bits per heavy atom. The van der Waals surface area contributed by atoms with E-state index in [1.807, 2.05) is 20.8 Å². The van der Waals surface area contributed by atoms with Crippen LogP contribution in [-0.2, 0) is 46.8 Å². The van der Waals surface area contributed by atoms with Crippen LogP contribution in [0, 0.1) is 26.2 Å². The van der Waals surface area contributed by atoms with Crippen LogP contribution in [0.3, 0.4) is 0 Å². The second-order valence-electron chi connectivity index (χ2n) is 14.3. The maximum Gasteiger partial charge on any atom is 0.328 e. The van der Waals surface area contributed by atoms with E-state index in [0.717, 1.165) is 17.5 Å². The van der Waals surface area contributed by atoms with Crippen LogP contribution in [0.5, 0.6) is 11.5 Å². The summed E-state index contributed by atoms with van der Waals surface area (Å²) in [4.78, 5) is 51.8. The van der Waals surface area contributed by atoms with Gasteiger partial charge >= 0.3 is 5.97 Å². The Labute approximate surface area is 330 Å². The SMILES string of the molecule is C=CCOc1ccc(C[C@H](NC(C)=O)C(=O)N[C@@H](CCCNC(=N)NS(=O)(=O)c2c(C)c(C)c3c(c2C)CCC(C)(C)O3)C(=O)N[C@H](CC=C)C(=O)OC)cc1. The van der Waals surface area contributed by atoms with Gasteiger partial charge in [0.15, 0.2) is 0 Å². The van der Waals surface area contributed by atoms with Crippen molar-refractivity contribution in [2.75, 3.05) is 20.3 Å². The lowest BCUT2D eigenvalue weighted by molar-refractivity contribution is -0.145. The highest BCUT2D eigenvalue weighted by molar-refractivity contribution is 7.90. The number of benzene rings is 2. The van der Waals surface area contributed by atoms with E-state index in [-0.39, 0.29) is 42.7 Å². The van der Waals surface area contributed by atoms with Gasteiger partial charge in [0.2, 0.25) is 23.7 Å². The van der Waals surface area contributed by atoms with Crippen LogP contribution in [0.2, 0.25) is 0 Å². The average Bonchev–Trinajstić information content (AvgIpc) is 3.13. The van der Waals surface area contributed by atoms with E-state index in [0.29, 0.717) is 41.2 Å². The fourth-order valence-corrected chi connectivity index (χ4v) is 7.92. The van der Waals surface area contributed by atoms with Gasteiger partial charge in [-0.2, -0.15) is 0 Å². The molecule has 3 amide bonds. The van der Waals surface area contributed by atoms with Crippen molar-refractivity contribution in [1.82, 2.24) is 26.0 Å². The maximum atomic E-state index is 13.7. The minimum Gasteiger partial charge on any atom is -0.490 e. The lowest BCUT2D eigenvalue weighted by Gasteiger charge is -2.35. The van der Waals surface area contributed by atoms with Crippen LogP contribution < -0.4 is 35.5 Å². The van der Waals surface area contributed by atoms with E-state index in [4.69, 9.17) is 19.6 Å². The molecule has 0 saturated carbocycles. The Morgan fingerprint density at radius 1 is 0.946 bits per heavy atom. The number of fused-ring (bicyclic) bond motifs is 1. The van der Waals surface area contributed by atoms with Crippen molar-refractivity contribution in [3.63, 3.8) is 0 Å². The smallest absolute Gasteiger partial charge is 0.328 e. The molecule has 306 valence electrons. The predicted octanol–water partition coefficient (Wildman–Crippen LogP) is 3.33. The van der Waals surface area contributed by atoms with Crippen molar-refractivity contribution in [3.8, 4) is 11.5 Å². The highest BCUT2D eigenvalue weighted by Crippen LogP contribution is 2.42. The number of hydrogen-bond donors (Lipinski definition) is 6. The number of carbonyl (C=O) groups is 4. The molecule has 6 N–H and O–H groups in total. The summed E-state index contributed by atoms with van der Waals surface area (Å²) in [6, 6.07) is 3.61. The molecule has 1 aliphatic rings. The fraction of sp³-hybridized carbons (Fsp3) is 0.475. The largest absolute Gasteiger partial charge is 0.490 e. The number of guanidine groups is 1. The van der Waals surface area contributed by atoms with Gasteiger partial charge < -0.3 is 35.5 Å². The van der Waals surface area contributed by atoms with Crippen LogP contribution in [0.15, 0.2) is 54.5 Å². The molecule has 1 heterocycles. The number of ether oxygens (including phenoxy) is 3. The summed E-state index contributed by atoms with van der Waals surface area (Å²) in [7, 11) is -3.00. The first-order chi connectivity index (χ1) is 26.3. The molecule has 2 aromatic carbocycles. The van der Waals surface area contributed by atoms with Gasteiger partial charge in [0.1, 0.15) is 41.8 Å². The zero-order valence-electron chi connectivity index (χ0n) is 33.3. The summed E-state index contributed by atoms with van der Waals surface area (Å²) in [6.07, 6.45) is 4.76. The fourth-order valence-electron chi connectivity index (χ4n) is 6.40. The summed E-state index contributed by atoms with van der Waals surface area (Å²) < 4.78 is 46.2. The third-order valence-corrected chi connectivity index (χ3v) is 11.0. The van der Waals surface area contributed by atoms with Crippen molar-refractivity contribution >= 4 is 39.7 Å². The summed E-state index contributed by atoms with van der Waals surface area (Å²) in [5.74, 6) is -1.71. The zero-order chi connectivity index (χ0) is 41.8. The molecule has 0 fully saturated rings. The van der Waals surface area contributed by atoms with E-state index >= 15 is 0 Å². The molecule has 0 aromatic heterocycles. The monoisotopic (exact) mass is 796 g/mol. The van der Waals surface area contributed by atoms with Crippen LogP contribution in [0.1, 0.15) is 74.3 Å². The molecule has 0 radical (unpaired) electrons. The number of esters is 1. The highest BCUT2D eigenvalue weighted by atomic mass is 32.2. The second kappa shape index (κ2) is 20.0. The molecule has 16 heteroatoms. The average molecular weight is 797 g/mol. The number of amides is 3. The second-order valence-corrected chi connectivity index (χ2v) is 15.9. The van der Waals surface area contributed by atoms with Gasteiger partial charge in [-0.25, -0.2) is 17.9 Å². The summed E-state index contributed by atoms with van der Waals surface area (Å²) in [5.41, 5.74) is 2.98. The molecule has 0 saturated heterocycles. The van der Waals surface area contributed by atoms with Gasteiger partial charge in [0.05, 0.1) is 12.0 Å². The molecule has 3 atom stereocenters. The molecule has 2 aromatic rings. The summed E-state index contributed by atoms with van der Waals surface area (Å²) >= 11 is 0. The van der Waals surface area contributed by atoms with Crippen molar-refractivity contribution < 1.29 is 41.8 Å². The van der Waals surface area contributed by atoms with Gasteiger partial charge in [-0.05, 0) is 107 Å². The summed E-state index contributed by atoms with van der Waals surface area (Å²) in [6.45, 7) is 18.1. The summed E-state index contributed by atoms with van der Waals surface area (Å²) in [5, 5.41) is 19.1. The molecule has 0 aliphatic carbocycles. The Kier molecular flexibility index (Phi) is 16.1. The normalized spacial score (nSPS) is 14.6. The third-order valence-electron chi connectivity index (χ3n) is 9.41. The Bertz CT molecular complexity index is 1910. The predicted molar refractivity (Wildman–Crippen MR) is 213 cm³/mol. The van der Waals surface area contributed by atoms with Crippen molar-refractivity contribution in [1.29, 1.82) is 5.41 Å². The van der Waals surface area contributed by atoms with Crippen molar-refractivity contribution in [2.45, 2.75) is 109 Å². The molecule has 3 rings (SSSR count). The van der Waals surface area contributed by atoms with E-state index in [1.54, 1.807) is 44.2 Å². The van der Waals surface area contributed by atoms with Gasteiger partial charge in [0, 0.05) is 19.9 Å². The molecule has 15 nitrogen and oxygen atoms in total. The lowest BCUT2D eigenvalue weighted by atomic mass is 9.88. The van der Waals surface area contributed by atoms with E-state index in [1.165, 1.54) is 20.1 Å². The Balaban J connectivity index is 1.75. The van der Waals surface area contributed by atoms with E-state index < -0.39 is 57.8 Å². The standard InChI is InChI=1S/C40H56N6O9S/c1-10-13-32(38(50)53-9)45-36(48)31(44-37(49)33(43-27(6)47)23-28-15-17-29(18-16-28)54-22-11-2)14-12-21-42-39(41)46-56(51,52)35-25(4)24(3)34-30(26(35)5)19-20-40(7,8)55-34/h10-11,15-18,31-33H,1-2,12-14,19-23H2,3-9H3,(H,43,47)(H,44,49)(H,45,48)(H3,41,42,46)/t31-,32+,33-/m0/s1. The number of sulfonamides is 1. The van der Waals surface area contributed by atoms with Crippen molar-refractivity contribution in [2.24, 2.45) is 0 Å². The quantitative estimate of drug-likeness (QED) is 0.0401. The highest BCUT2D eigenvalue weighted by Gasteiger charge is 2.34. The molecule has 56 heavy (non-hydrogen) atoms. The molecule has 1 aliphatic heterocycles. The minimum atomic E-state index is -4.18. The van der Waals surface area contributed by atoms with Gasteiger partial charge in [-0.1, -0.05) is 30.9 Å². The van der Waals surface area contributed by atoms with Crippen LogP contribution in [-0.4, -0.2) is 82.1 Å². The zero-order valence-corrected chi connectivity index (χ0v) is 34.2. The first kappa shape index (κ1) is 45.0. The number of methoxy groups -OCH3 is 1. The Hall–Kier alpha value is -5.38. The minimum absolute atomic E-state index is 0.00724. The molecule has 0 bridgehead atoms. The molecule has 0 spiro atoms. The maximum absolute atomic E-state index is 13.7. The van der Waals surface area contributed by atoms with Crippen LogP contribution >= 0.6 is 0 Å². The number of rotatable bonds is 19. The number of nitrogens with one attached hydrogen (secondary N) is 6.